The van der Waals surface area contributed by atoms with E-state index in [2.05, 4.69) is 11.8 Å². The number of methoxy groups -OCH3 is 1. The van der Waals surface area contributed by atoms with E-state index in [0.717, 1.165) is 0 Å². The molecule has 0 aliphatic rings. The molecule has 0 radical (unpaired) electrons. The third kappa shape index (κ3) is 3.42. The number of carbonyl (C=O) groups excluding carboxylic acids is 1. The molecule has 0 spiro atoms. The van der Waals surface area contributed by atoms with Crippen LogP contribution in [0.3, 0.4) is 0 Å². The molecule has 0 fully saturated rings. The molecule has 0 aliphatic carbocycles. The van der Waals surface area contributed by atoms with E-state index in [1.165, 1.54) is 19.2 Å². The van der Waals surface area contributed by atoms with Gasteiger partial charge < -0.3 is 10.1 Å². The van der Waals surface area contributed by atoms with Crippen molar-refractivity contribution in [3.05, 3.63) is 23.8 Å². The number of anilines is 1. The molecule has 0 bridgehead atoms. The molecule has 3 nitrogen and oxygen atoms in total. The van der Waals surface area contributed by atoms with Crippen molar-refractivity contribution in [3.8, 4) is 17.6 Å². The molecule has 1 amide bonds. The summed E-state index contributed by atoms with van der Waals surface area (Å²) in [4.78, 5) is 10.8. The molecule has 0 aromatic heterocycles. The molecular weight excluding hydrogens is 247 g/mol. The smallest absolute Gasteiger partial charge is 0.471 e. The molecule has 96 valence electrons. The number of ether oxygens (including phenoxy) is 1. The second kappa shape index (κ2) is 5.45. The van der Waals surface area contributed by atoms with Crippen molar-refractivity contribution < 1.29 is 22.7 Å². The summed E-state index contributed by atoms with van der Waals surface area (Å²) < 4.78 is 41.3. The lowest BCUT2D eigenvalue weighted by atomic mass is 10.2. The molecule has 0 atom stereocenters. The maximum absolute atomic E-state index is 12.1. The largest absolute Gasteiger partial charge is 0.495 e. The second-order valence-electron chi connectivity index (χ2n) is 3.24. The van der Waals surface area contributed by atoms with Gasteiger partial charge in [-0.25, -0.2) is 0 Å². The molecule has 6 heteroatoms. The first-order valence-corrected chi connectivity index (χ1v) is 4.87. The number of halogens is 3. The van der Waals surface area contributed by atoms with Crippen LogP contribution in [0.25, 0.3) is 0 Å². The molecule has 0 unspecified atom stereocenters. The number of amides is 1. The molecule has 0 saturated heterocycles. The van der Waals surface area contributed by atoms with Crippen LogP contribution in [0.4, 0.5) is 18.9 Å². The fourth-order valence-corrected chi connectivity index (χ4v) is 1.22. The van der Waals surface area contributed by atoms with Crippen molar-refractivity contribution >= 4 is 11.6 Å². The molecule has 1 aromatic carbocycles. The standard InChI is InChI=1S/C12H10F3NO2/c1-3-4-8-5-6-10(18-2)9(7-8)16-11(17)12(13,14)15/h5-7H,1-2H3,(H,16,17). The van der Waals surface area contributed by atoms with E-state index < -0.39 is 12.1 Å². The number of rotatable bonds is 2. The second-order valence-corrected chi connectivity index (χ2v) is 3.24. The average Bonchev–Trinajstić information content (AvgIpc) is 2.28. The van der Waals surface area contributed by atoms with Crippen LogP contribution >= 0.6 is 0 Å². The normalized spacial score (nSPS) is 10.3. The molecular formula is C12H10F3NO2. The van der Waals surface area contributed by atoms with Crippen molar-refractivity contribution in [2.24, 2.45) is 0 Å². The third-order valence-electron chi connectivity index (χ3n) is 1.97. The highest BCUT2D eigenvalue weighted by molar-refractivity contribution is 5.96. The van der Waals surface area contributed by atoms with Crippen LogP contribution in [-0.2, 0) is 4.79 Å². The Morgan fingerprint density at radius 1 is 1.39 bits per heavy atom. The van der Waals surface area contributed by atoms with Gasteiger partial charge in [0, 0.05) is 5.56 Å². The van der Waals surface area contributed by atoms with E-state index in [-0.39, 0.29) is 11.4 Å². The van der Waals surface area contributed by atoms with Gasteiger partial charge in [0.25, 0.3) is 0 Å². The number of benzene rings is 1. The van der Waals surface area contributed by atoms with Crippen LogP contribution in [0.5, 0.6) is 5.75 Å². The van der Waals surface area contributed by atoms with Gasteiger partial charge in [0.15, 0.2) is 0 Å². The molecule has 1 N–H and O–H groups in total. The Balaban J connectivity index is 3.08. The van der Waals surface area contributed by atoms with E-state index >= 15 is 0 Å². The van der Waals surface area contributed by atoms with E-state index in [1.54, 1.807) is 18.3 Å². The summed E-state index contributed by atoms with van der Waals surface area (Å²) in [5.74, 6) is 3.36. The van der Waals surface area contributed by atoms with Gasteiger partial charge in [-0.1, -0.05) is 5.92 Å². The van der Waals surface area contributed by atoms with Crippen LogP contribution in [0.15, 0.2) is 18.2 Å². The van der Waals surface area contributed by atoms with Crippen LogP contribution in [0, 0.1) is 11.8 Å². The minimum atomic E-state index is -4.95. The molecule has 1 aromatic rings. The zero-order valence-corrected chi connectivity index (χ0v) is 9.68. The van der Waals surface area contributed by atoms with E-state index in [1.807, 2.05) is 0 Å². The van der Waals surface area contributed by atoms with Crippen LogP contribution in [-0.4, -0.2) is 19.2 Å². The van der Waals surface area contributed by atoms with Gasteiger partial charge in [-0.3, -0.25) is 4.79 Å². The summed E-state index contributed by atoms with van der Waals surface area (Å²) in [5.41, 5.74) is 0.413. The Morgan fingerprint density at radius 2 is 2.06 bits per heavy atom. The lowest BCUT2D eigenvalue weighted by molar-refractivity contribution is -0.167. The molecule has 0 aliphatic heterocycles. The highest BCUT2D eigenvalue weighted by atomic mass is 19.4. The van der Waals surface area contributed by atoms with Gasteiger partial charge >= 0.3 is 12.1 Å². The maximum Gasteiger partial charge on any atom is 0.471 e. The molecule has 0 saturated carbocycles. The average molecular weight is 257 g/mol. The minimum Gasteiger partial charge on any atom is -0.495 e. The van der Waals surface area contributed by atoms with Crippen molar-refractivity contribution in [1.82, 2.24) is 0 Å². The van der Waals surface area contributed by atoms with Crippen molar-refractivity contribution in [3.63, 3.8) is 0 Å². The van der Waals surface area contributed by atoms with Gasteiger partial charge in [-0.15, -0.1) is 5.92 Å². The van der Waals surface area contributed by atoms with Gasteiger partial charge in [0.05, 0.1) is 12.8 Å². The number of hydrogen-bond donors (Lipinski definition) is 1. The molecule has 1 rings (SSSR count). The topological polar surface area (TPSA) is 38.3 Å². The lowest BCUT2D eigenvalue weighted by Gasteiger charge is -2.11. The number of hydrogen-bond acceptors (Lipinski definition) is 2. The summed E-state index contributed by atoms with van der Waals surface area (Å²) >= 11 is 0. The predicted molar refractivity (Wildman–Crippen MR) is 60.2 cm³/mol. The first-order valence-electron chi connectivity index (χ1n) is 4.87. The highest BCUT2D eigenvalue weighted by Crippen LogP contribution is 2.27. The minimum absolute atomic E-state index is 0.0694. The van der Waals surface area contributed by atoms with Crippen LogP contribution in [0.1, 0.15) is 12.5 Å². The van der Waals surface area contributed by atoms with Crippen LogP contribution in [0.2, 0.25) is 0 Å². The first-order chi connectivity index (χ1) is 8.38. The van der Waals surface area contributed by atoms with Gasteiger partial charge in [-0.2, -0.15) is 13.2 Å². The molecule has 0 heterocycles. The zero-order chi connectivity index (χ0) is 13.8. The molecule has 18 heavy (non-hydrogen) atoms. The monoisotopic (exact) mass is 257 g/mol. The van der Waals surface area contributed by atoms with E-state index in [9.17, 15) is 18.0 Å². The Morgan fingerprint density at radius 3 is 2.56 bits per heavy atom. The summed E-state index contributed by atoms with van der Waals surface area (Å²) in [7, 11) is 1.30. The lowest BCUT2D eigenvalue weighted by Crippen LogP contribution is -2.30. The Labute approximate surface area is 102 Å². The quantitative estimate of drug-likeness (QED) is 0.827. The van der Waals surface area contributed by atoms with E-state index in [4.69, 9.17) is 4.74 Å². The van der Waals surface area contributed by atoms with Crippen LogP contribution < -0.4 is 10.1 Å². The predicted octanol–water partition coefficient (Wildman–Crippen LogP) is 2.57. The number of carbonyl (C=O) groups is 1. The Hall–Kier alpha value is -2.16. The number of alkyl halides is 3. The number of nitrogens with one attached hydrogen (secondary N) is 1. The summed E-state index contributed by atoms with van der Waals surface area (Å²) in [5, 5.41) is 1.74. The van der Waals surface area contributed by atoms with E-state index in [0.29, 0.717) is 5.56 Å². The SMILES string of the molecule is CC#Cc1ccc(OC)c(NC(=O)C(F)(F)F)c1. The maximum atomic E-state index is 12.1. The fourth-order valence-electron chi connectivity index (χ4n) is 1.22. The fraction of sp³-hybridized carbons (Fsp3) is 0.250. The highest BCUT2D eigenvalue weighted by Gasteiger charge is 2.39. The van der Waals surface area contributed by atoms with Crippen molar-refractivity contribution in [2.45, 2.75) is 13.1 Å². The van der Waals surface area contributed by atoms with Gasteiger partial charge in [-0.05, 0) is 25.1 Å². The summed E-state index contributed by atoms with van der Waals surface area (Å²) in [6, 6.07) is 4.34. The van der Waals surface area contributed by atoms with Crippen molar-refractivity contribution in [1.29, 1.82) is 0 Å². The Bertz CT molecular complexity index is 512. The zero-order valence-electron chi connectivity index (χ0n) is 9.68. The van der Waals surface area contributed by atoms with Crippen molar-refractivity contribution in [2.75, 3.05) is 12.4 Å². The van der Waals surface area contributed by atoms with Gasteiger partial charge in [0.2, 0.25) is 0 Å². The summed E-state index contributed by atoms with van der Waals surface area (Å²) in [6.07, 6.45) is -4.95. The summed E-state index contributed by atoms with van der Waals surface area (Å²) in [6.45, 7) is 1.60. The first kappa shape index (κ1) is 13.9. The Kier molecular flexibility index (Phi) is 4.21. The van der Waals surface area contributed by atoms with Gasteiger partial charge in [0.1, 0.15) is 5.75 Å². The third-order valence-corrected chi connectivity index (χ3v) is 1.97.